The van der Waals surface area contributed by atoms with E-state index in [9.17, 15) is 10.1 Å². The number of carbonyl (C=O) groups excluding carboxylic acids is 1. The molecule has 8 heteroatoms. The second-order valence-corrected chi connectivity index (χ2v) is 8.44. The number of thiol groups is 1. The Morgan fingerprint density at radius 2 is 1.90 bits per heavy atom. The Balaban J connectivity index is 1.83. The van der Waals surface area contributed by atoms with Gasteiger partial charge in [0.25, 0.3) is 5.91 Å². The standard InChI is InChI=1S/C23H17Cl2N3O2S/c1-12-3-6-18(13(2)9-12)28-21(27-22(29)16(11-26)23(28)31)20-8-7-19(30-20)15-5-4-14(24)10-17(15)25/h3-10,21,31H,1-2H3,(H,27,29). The van der Waals surface area contributed by atoms with Crippen LogP contribution in [0.15, 0.2) is 63.6 Å². The van der Waals surface area contributed by atoms with Crippen LogP contribution < -0.4 is 10.2 Å². The lowest BCUT2D eigenvalue weighted by Crippen LogP contribution is -2.46. The Morgan fingerprint density at radius 3 is 2.58 bits per heavy atom. The summed E-state index contributed by atoms with van der Waals surface area (Å²) in [5.74, 6) is 0.487. The van der Waals surface area contributed by atoms with E-state index in [0.717, 1.165) is 16.8 Å². The number of aryl methyl sites for hydroxylation is 2. The first-order valence-electron chi connectivity index (χ1n) is 9.36. The molecule has 1 aliphatic rings. The number of carbonyl (C=O) groups is 1. The van der Waals surface area contributed by atoms with Gasteiger partial charge < -0.3 is 14.6 Å². The first-order valence-corrected chi connectivity index (χ1v) is 10.6. The third-order valence-electron chi connectivity index (χ3n) is 5.02. The van der Waals surface area contributed by atoms with Crippen molar-refractivity contribution in [3.63, 3.8) is 0 Å². The monoisotopic (exact) mass is 469 g/mol. The molecule has 0 saturated carbocycles. The number of amides is 1. The number of furan rings is 1. The van der Waals surface area contributed by atoms with Crippen LogP contribution in [0, 0.1) is 25.2 Å². The molecule has 0 fully saturated rings. The molecule has 0 radical (unpaired) electrons. The summed E-state index contributed by atoms with van der Waals surface area (Å²) in [4.78, 5) is 14.3. The fourth-order valence-corrected chi connectivity index (χ4v) is 4.44. The maximum absolute atomic E-state index is 12.6. The lowest BCUT2D eigenvalue weighted by Gasteiger charge is -2.37. The summed E-state index contributed by atoms with van der Waals surface area (Å²) in [5, 5.41) is 13.6. The molecule has 1 aromatic heterocycles. The van der Waals surface area contributed by atoms with Gasteiger partial charge in [0.05, 0.1) is 10.1 Å². The predicted molar refractivity (Wildman–Crippen MR) is 125 cm³/mol. The molecule has 1 unspecified atom stereocenters. The summed E-state index contributed by atoms with van der Waals surface area (Å²) < 4.78 is 6.09. The Labute approximate surface area is 195 Å². The molecule has 2 heterocycles. The van der Waals surface area contributed by atoms with Crippen molar-refractivity contribution in [1.29, 1.82) is 5.26 Å². The number of halogens is 2. The van der Waals surface area contributed by atoms with Crippen LogP contribution >= 0.6 is 35.8 Å². The van der Waals surface area contributed by atoms with Gasteiger partial charge in [-0.15, -0.1) is 12.6 Å². The van der Waals surface area contributed by atoms with Gasteiger partial charge >= 0.3 is 0 Å². The number of nitriles is 1. The second-order valence-electron chi connectivity index (χ2n) is 7.17. The quantitative estimate of drug-likeness (QED) is 0.449. The summed E-state index contributed by atoms with van der Waals surface area (Å²) in [6.45, 7) is 3.96. The minimum absolute atomic E-state index is 0.0629. The highest BCUT2D eigenvalue weighted by Gasteiger charge is 2.36. The molecule has 156 valence electrons. The van der Waals surface area contributed by atoms with Crippen molar-refractivity contribution in [2.24, 2.45) is 0 Å². The maximum atomic E-state index is 12.6. The largest absolute Gasteiger partial charge is 0.457 e. The third-order valence-corrected chi connectivity index (χ3v) is 6.01. The Kier molecular flexibility index (Phi) is 5.76. The molecule has 31 heavy (non-hydrogen) atoms. The number of hydrogen-bond donors (Lipinski definition) is 2. The minimum Gasteiger partial charge on any atom is -0.457 e. The van der Waals surface area contributed by atoms with Gasteiger partial charge in [0.1, 0.15) is 23.2 Å². The van der Waals surface area contributed by atoms with Crippen LogP contribution in [0.4, 0.5) is 5.69 Å². The van der Waals surface area contributed by atoms with Crippen LogP contribution in [-0.4, -0.2) is 5.91 Å². The number of hydrogen-bond acceptors (Lipinski definition) is 5. The number of benzene rings is 2. The van der Waals surface area contributed by atoms with E-state index in [1.807, 2.05) is 38.1 Å². The van der Waals surface area contributed by atoms with Crippen molar-refractivity contribution in [2.75, 3.05) is 4.90 Å². The van der Waals surface area contributed by atoms with Crippen molar-refractivity contribution < 1.29 is 9.21 Å². The summed E-state index contributed by atoms with van der Waals surface area (Å²) in [6.07, 6.45) is -0.696. The molecule has 0 saturated heterocycles. The number of nitrogens with one attached hydrogen (secondary N) is 1. The molecule has 1 aliphatic heterocycles. The third kappa shape index (κ3) is 3.92. The van der Waals surface area contributed by atoms with Crippen LogP contribution in [0.2, 0.25) is 10.0 Å². The summed E-state index contributed by atoms with van der Waals surface area (Å²) >= 11 is 16.9. The van der Waals surface area contributed by atoms with Crippen molar-refractivity contribution in [1.82, 2.24) is 5.32 Å². The SMILES string of the molecule is Cc1ccc(N2C(S)=C(C#N)C(=O)NC2c2ccc(-c3ccc(Cl)cc3Cl)o2)c(C)c1. The van der Waals surface area contributed by atoms with E-state index in [0.29, 0.717) is 27.1 Å². The second kappa shape index (κ2) is 8.35. The smallest absolute Gasteiger partial charge is 0.266 e. The fraction of sp³-hybridized carbons (Fsp3) is 0.130. The molecule has 1 atom stereocenters. The van der Waals surface area contributed by atoms with Crippen molar-refractivity contribution in [3.05, 3.63) is 86.1 Å². The van der Waals surface area contributed by atoms with E-state index in [1.54, 1.807) is 35.2 Å². The molecule has 1 amide bonds. The van der Waals surface area contributed by atoms with E-state index in [-0.39, 0.29) is 10.6 Å². The van der Waals surface area contributed by atoms with E-state index in [4.69, 9.17) is 27.6 Å². The van der Waals surface area contributed by atoms with E-state index < -0.39 is 12.1 Å². The molecule has 0 spiro atoms. The first-order chi connectivity index (χ1) is 14.8. The van der Waals surface area contributed by atoms with Crippen molar-refractivity contribution in [2.45, 2.75) is 20.0 Å². The van der Waals surface area contributed by atoms with Gasteiger partial charge in [-0.05, 0) is 55.8 Å². The zero-order valence-corrected chi connectivity index (χ0v) is 19.0. The van der Waals surface area contributed by atoms with Gasteiger partial charge in [0.2, 0.25) is 0 Å². The maximum Gasteiger partial charge on any atom is 0.266 e. The van der Waals surface area contributed by atoms with Crippen LogP contribution in [0.1, 0.15) is 23.1 Å². The van der Waals surface area contributed by atoms with Gasteiger partial charge in [-0.3, -0.25) is 4.79 Å². The van der Waals surface area contributed by atoms with Crippen LogP contribution in [-0.2, 0) is 4.79 Å². The van der Waals surface area contributed by atoms with E-state index >= 15 is 0 Å². The summed E-state index contributed by atoms with van der Waals surface area (Å²) in [7, 11) is 0. The highest BCUT2D eigenvalue weighted by molar-refractivity contribution is 7.84. The van der Waals surface area contributed by atoms with Gasteiger partial charge in [-0.25, -0.2) is 0 Å². The molecule has 0 aliphatic carbocycles. The predicted octanol–water partition coefficient (Wildman–Crippen LogP) is 6.17. The molecule has 5 nitrogen and oxygen atoms in total. The Morgan fingerprint density at radius 1 is 1.13 bits per heavy atom. The fourth-order valence-electron chi connectivity index (χ4n) is 3.57. The highest BCUT2D eigenvalue weighted by Crippen LogP contribution is 2.40. The molecular weight excluding hydrogens is 453 g/mol. The van der Waals surface area contributed by atoms with Crippen LogP contribution in [0.25, 0.3) is 11.3 Å². The normalized spacial score (nSPS) is 16.3. The van der Waals surface area contributed by atoms with Gasteiger partial charge in [-0.2, -0.15) is 5.26 Å². The zero-order valence-electron chi connectivity index (χ0n) is 16.6. The Hall–Kier alpha value is -2.85. The molecule has 1 N–H and O–H groups in total. The Bertz CT molecular complexity index is 1280. The zero-order chi connectivity index (χ0) is 22.3. The van der Waals surface area contributed by atoms with Crippen molar-refractivity contribution >= 4 is 47.4 Å². The topological polar surface area (TPSA) is 69.3 Å². The summed E-state index contributed by atoms with van der Waals surface area (Å²) in [6, 6.07) is 16.5. The highest BCUT2D eigenvalue weighted by atomic mass is 35.5. The van der Waals surface area contributed by atoms with Crippen molar-refractivity contribution in [3.8, 4) is 17.4 Å². The van der Waals surface area contributed by atoms with Crippen LogP contribution in [0.3, 0.4) is 0 Å². The van der Waals surface area contributed by atoms with Gasteiger partial charge in [-0.1, -0.05) is 40.9 Å². The average molecular weight is 470 g/mol. The minimum atomic E-state index is -0.696. The average Bonchev–Trinajstić information content (AvgIpc) is 3.18. The first kappa shape index (κ1) is 21.4. The number of nitrogens with zero attached hydrogens (tertiary/aromatic N) is 2. The van der Waals surface area contributed by atoms with Gasteiger partial charge in [0, 0.05) is 16.3 Å². The lowest BCUT2D eigenvalue weighted by molar-refractivity contribution is -0.118. The van der Waals surface area contributed by atoms with E-state index in [2.05, 4.69) is 17.9 Å². The lowest BCUT2D eigenvalue weighted by atomic mass is 10.1. The molecular formula is C23H17Cl2N3O2S. The summed E-state index contributed by atoms with van der Waals surface area (Å²) in [5.41, 5.74) is 3.49. The number of rotatable bonds is 3. The molecule has 2 aromatic carbocycles. The molecule has 0 bridgehead atoms. The van der Waals surface area contributed by atoms with Crippen LogP contribution in [0.5, 0.6) is 0 Å². The van der Waals surface area contributed by atoms with Gasteiger partial charge in [0.15, 0.2) is 6.17 Å². The molecule has 4 rings (SSSR count). The number of anilines is 1. The molecule has 3 aromatic rings. The van der Waals surface area contributed by atoms with E-state index in [1.165, 1.54) is 0 Å².